The molecule has 1 aliphatic heterocycles. The van der Waals surface area contributed by atoms with Gasteiger partial charge < -0.3 is 4.74 Å². The van der Waals surface area contributed by atoms with E-state index >= 15 is 0 Å². The molecule has 0 radical (unpaired) electrons. The highest BCUT2D eigenvalue weighted by atomic mass is 16.5. The minimum Gasteiger partial charge on any atom is -0.378 e. The van der Waals surface area contributed by atoms with Crippen LogP contribution in [0.3, 0.4) is 0 Å². The van der Waals surface area contributed by atoms with Gasteiger partial charge in [0.1, 0.15) is 5.78 Å². The Hall–Kier alpha value is -0.410. The van der Waals surface area contributed by atoms with E-state index in [1.807, 2.05) is 13.8 Å². The molecule has 0 spiro atoms. The smallest absolute Gasteiger partial charge is 0.136 e. The maximum absolute atomic E-state index is 11.5. The molecule has 3 nitrogen and oxygen atoms in total. The zero-order chi connectivity index (χ0) is 11.7. The van der Waals surface area contributed by atoms with Gasteiger partial charge in [-0.25, -0.2) is 0 Å². The van der Waals surface area contributed by atoms with Crippen LogP contribution in [-0.4, -0.2) is 42.5 Å². The Bertz CT molecular complexity index is 246. The van der Waals surface area contributed by atoms with Gasteiger partial charge in [-0.15, -0.1) is 0 Å². The molecule has 1 heterocycles. The van der Waals surface area contributed by atoms with Crippen LogP contribution in [0.25, 0.3) is 0 Å². The number of Topliss-reactive ketones (excluding diaryl/α,β-unsaturated/α-hetero) is 1. The summed E-state index contributed by atoms with van der Waals surface area (Å²) in [6, 6.07) is 0. The first kappa shape index (κ1) is 12.7. The van der Waals surface area contributed by atoms with Crippen molar-refractivity contribution >= 4 is 5.78 Å². The number of ketones is 1. The van der Waals surface area contributed by atoms with E-state index in [1.165, 1.54) is 0 Å². The Morgan fingerprint density at radius 1 is 1.47 bits per heavy atom. The molecule has 1 aliphatic rings. The lowest BCUT2D eigenvalue weighted by atomic mass is 9.86. The van der Waals surface area contributed by atoms with Crippen molar-refractivity contribution in [3.8, 4) is 0 Å². The van der Waals surface area contributed by atoms with E-state index in [-0.39, 0.29) is 16.7 Å². The van der Waals surface area contributed by atoms with Crippen molar-refractivity contribution in [3.05, 3.63) is 0 Å². The molecule has 0 unspecified atom stereocenters. The van der Waals surface area contributed by atoms with Crippen molar-refractivity contribution in [2.24, 2.45) is 5.41 Å². The zero-order valence-corrected chi connectivity index (χ0v) is 10.6. The first-order chi connectivity index (χ1) is 6.76. The Morgan fingerprint density at radius 3 is 2.53 bits per heavy atom. The minimum atomic E-state index is -0.255. The molecule has 15 heavy (non-hydrogen) atoms. The molecule has 0 bridgehead atoms. The summed E-state index contributed by atoms with van der Waals surface area (Å²) in [6.07, 6.45) is 0. The van der Waals surface area contributed by atoms with Crippen LogP contribution in [0.4, 0.5) is 0 Å². The van der Waals surface area contributed by atoms with Crippen LogP contribution in [-0.2, 0) is 9.53 Å². The van der Waals surface area contributed by atoms with Crippen molar-refractivity contribution in [1.29, 1.82) is 0 Å². The first-order valence-electron chi connectivity index (χ1n) is 5.59. The average Bonchev–Trinajstić information content (AvgIpc) is 2.08. The van der Waals surface area contributed by atoms with Crippen LogP contribution in [0.5, 0.6) is 0 Å². The fraction of sp³-hybridized carbons (Fsp3) is 0.917. The second-order valence-corrected chi connectivity index (χ2v) is 5.73. The molecule has 3 heteroatoms. The molecule has 1 saturated heterocycles. The molecule has 0 aromatic rings. The fourth-order valence-corrected chi connectivity index (χ4v) is 1.77. The predicted octanol–water partition coefficient (Wildman–Crippen LogP) is 1.71. The normalized spacial score (nSPS) is 22.7. The van der Waals surface area contributed by atoms with Crippen LogP contribution in [0.15, 0.2) is 0 Å². The third-order valence-corrected chi connectivity index (χ3v) is 3.36. The van der Waals surface area contributed by atoms with Gasteiger partial charge in [0, 0.05) is 24.0 Å². The molecule has 0 aromatic carbocycles. The van der Waals surface area contributed by atoms with Crippen LogP contribution in [0, 0.1) is 5.41 Å². The molecule has 0 N–H and O–H groups in total. The lowest BCUT2D eigenvalue weighted by molar-refractivity contribution is -0.129. The van der Waals surface area contributed by atoms with Gasteiger partial charge in [0.05, 0.1) is 13.2 Å². The monoisotopic (exact) mass is 213 g/mol. The molecule has 0 aromatic heterocycles. The van der Waals surface area contributed by atoms with Gasteiger partial charge in [0.25, 0.3) is 0 Å². The highest BCUT2D eigenvalue weighted by Gasteiger charge is 2.36. The number of morpholine rings is 1. The molecule has 0 atom stereocenters. The number of carbonyl (C=O) groups is 1. The number of nitrogens with zero attached hydrogens (tertiary/aromatic N) is 1. The summed E-state index contributed by atoms with van der Waals surface area (Å²) in [5.41, 5.74) is -0.209. The lowest BCUT2D eigenvalue weighted by Gasteiger charge is -2.45. The molecule has 1 fully saturated rings. The predicted molar refractivity (Wildman–Crippen MR) is 60.9 cm³/mol. The number of hydrogen-bond acceptors (Lipinski definition) is 3. The van der Waals surface area contributed by atoms with Crippen molar-refractivity contribution in [3.63, 3.8) is 0 Å². The Morgan fingerprint density at radius 2 is 2.07 bits per heavy atom. The van der Waals surface area contributed by atoms with E-state index in [4.69, 9.17) is 4.74 Å². The van der Waals surface area contributed by atoms with Gasteiger partial charge in [0.15, 0.2) is 0 Å². The quantitative estimate of drug-likeness (QED) is 0.715. The van der Waals surface area contributed by atoms with Crippen molar-refractivity contribution in [2.45, 2.75) is 40.2 Å². The third-order valence-electron chi connectivity index (χ3n) is 3.36. The summed E-state index contributed by atoms with van der Waals surface area (Å²) in [7, 11) is 0. The van der Waals surface area contributed by atoms with Gasteiger partial charge in [-0.3, -0.25) is 9.69 Å². The molecule has 0 amide bonds. The van der Waals surface area contributed by atoms with E-state index in [9.17, 15) is 4.79 Å². The van der Waals surface area contributed by atoms with Crippen LogP contribution >= 0.6 is 0 Å². The molecule has 0 saturated carbocycles. The second-order valence-electron chi connectivity index (χ2n) is 5.73. The largest absolute Gasteiger partial charge is 0.378 e. The van der Waals surface area contributed by atoms with Gasteiger partial charge >= 0.3 is 0 Å². The van der Waals surface area contributed by atoms with E-state index in [0.717, 1.165) is 26.3 Å². The molecular formula is C12H23NO2. The molecular weight excluding hydrogens is 190 g/mol. The Labute approximate surface area is 92.8 Å². The van der Waals surface area contributed by atoms with Crippen LogP contribution in [0.2, 0.25) is 0 Å². The van der Waals surface area contributed by atoms with Gasteiger partial charge in [-0.1, -0.05) is 13.8 Å². The van der Waals surface area contributed by atoms with E-state index in [0.29, 0.717) is 0 Å². The number of hydrogen-bond donors (Lipinski definition) is 0. The number of rotatable bonds is 3. The summed E-state index contributed by atoms with van der Waals surface area (Å²) < 4.78 is 5.46. The van der Waals surface area contributed by atoms with Crippen LogP contribution in [0.1, 0.15) is 34.6 Å². The topological polar surface area (TPSA) is 29.5 Å². The summed E-state index contributed by atoms with van der Waals surface area (Å²) in [5, 5.41) is 0. The SMILES string of the molecule is CC(=O)C(C)(C)CN1CCOCC1(C)C. The second kappa shape index (κ2) is 4.22. The third kappa shape index (κ3) is 3.02. The standard InChI is InChI=1S/C12H23NO2/c1-10(14)11(2,3)8-13-6-7-15-9-12(13,4)5/h6-9H2,1-5H3. The molecule has 0 aliphatic carbocycles. The van der Waals surface area contributed by atoms with Gasteiger partial charge in [0.2, 0.25) is 0 Å². The maximum atomic E-state index is 11.5. The van der Waals surface area contributed by atoms with E-state index in [2.05, 4.69) is 18.7 Å². The summed E-state index contributed by atoms with van der Waals surface area (Å²) in [4.78, 5) is 13.9. The van der Waals surface area contributed by atoms with Crippen LogP contribution < -0.4 is 0 Å². The van der Waals surface area contributed by atoms with Crippen molar-refractivity contribution in [2.75, 3.05) is 26.3 Å². The van der Waals surface area contributed by atoms with E-state index in [1.54, 1.807) is 6.92 Å². The molecule has 1 rings (SSSR count). The summed E-state index contributed by atoms with van der Waals surface area (Å²) in [6.45, 7) is 13.3. The van der Waals surface area contributed by atoms with Gasteiger partial charge in [-0.2, -0.15) is 0 Å². The number of carbonyl (C=O) groups excluding carboxylic acids is 1. The highest BCUT2D eigenvalue weighted by molar-refractivity contribution is 5.81. The highest BCUT2D eigenvalue weighted by Crippen LogP contribution is 2.25. The Balaban J connectivity index is 2.67. The maximum Gasteiger partial charge on any atom is 0.136 e. The van der Waals surface area contributed by atoms with E-state index < -0.39 is 0 Å². The van der Waals surface area contributed by atoms with Gasteiger partial charge in [-0.05, 0) is 20.8 Å². The number of ether oxygens (including phenoxy) is 1. The minimum absolute atomic E-state index is 0.0466. The first-order valence-corrected chi connectivity index (χ1v) is 5.59. The Kier molecular flexibility index (Phi) is 3.56. The summed E-state index contributed by atoms with van der Waals surface area (Å²) >= 11 is 0. The fourth-order valence-electron chi connectivity index (χ4n) is 1.77. The summed E-state index contributed by atoms with van der Waals surface area (Å²) in [5.74, 6) is 0.254. The lowest BCUT2D eigenvalue weighted by Crippen LogP contribution is -2.56. The van der Waals surface area contributed by atoms with Crippen molar-refractivity contribution in [1.82, 2.24) is 4.90 Å². The van der Waals surface area contributed by atoms with Crippen molar-refractivity contribution < 1.29 is 9.53 Å². The zero-order valence-electron chi connectivity index (χ0n) is 10.6. The average molecular weight is 213 g/mol. The molecule has 88 valence electrons.